The van der Waals surface area contributed by atoms with Gasteiger partial charge in [0.25, 0.3) is 0 Å². The maximum absolute atomic E-state index is 12.0. The number of sulfonamides is 1. The van der Waals surface area contributed by atoms with Crippen molar-refractivity contribution in [2.24, 2.45) is 0 Å². The summed E-state index contributed by atoms with van der Waals surface area (Å²) < 4.78 is 26.6. The van der Waals surface area contributed by atoms with Crippen molar-refractivity contribution in [3.05, 3.63) is 41.3 Å². The van der Waals surface area contributed by atoms with Gasteiger partial charge in [-0.25, -0.2) is 13.1 Å². The van der Waals surface area contributed by atoms with E-state index in [4.69, 9.17) is 0 Å². The quantitative estimate of drug-likeness (QED) is 0.837. The molecule has 0 radical (unpaired) electrons. The first-order chi connectivity index (χ1) is 9.57. The van der Waals surface area contributed by atoms with Gasteiger partial charge < -0.3 is 5.11 Å². The van der Waals surface area contributed by atoms with Crippen LogP contribution in [0.5, 0.6) is 0 Å². The lowest BCUT2D eigenvalue weighted by Gasteiger charge is -2.20. The minimum Gasteiger partial charge on any atom is -0.391 e. The number of hydrogen-bond donors (Lipinski definition) is 2. The van der Waals surface area contributed by atoms with E-state index in [9.17, 15) is 13.5 Å². The predicted octanol–water partition coefficient (Wildman–Crippen LogP) is 2.27. The molecule has 0 amide bonds. The number of rotatable bonds is 4. The molecule has 1 aromatic carbocycles. The summed E-state index contributed by atoms with van der Waals surface area (Å²) in [4.78, 5) is 0. The molecular formula is C15H21NO3S. The number of benzene rings is 1. The first kappa shape index (κ1) is 15.2. The Morgan fingerprint density at radius 3 is 2.55 bits per heavy atom. The van der Waals surface area contributed by atoms with Crippen LogP contribution in [0.1, 0.15) is 37.7 Å². The monoisotopic (exact) mass is 295 g/mol. The average molecular weight is 295 g/mol. The zero-order valence-corrected chi connectivity index (χ0v) is 12.2. The topological polar surface area (TPSA) is 66.4 Å². The van der Waals surface area contributed by atoms with Crippen LogP contribution in [0.15, 0.2) is 35.7 Å². The summed E-state index contributed by atoms with van der Waals surface area (Å²) in [5, 5.41) is 11.1. The summed E-state index contributed by atoms with van der Waals surface area (Å²) in [6.07, 6.45) is 5.29. The standard InChI is InChI=1S/C15H21NO3S/c17-15-10-6-2-5-9-14(15)16-20(18,19)12-11-13-7-3-1-4-8-13/h1,3-4,7-8,11-12,14-17H,2,5-6,9-10H2/b12-11+. The van der Waals surface area contributed by atoms with Gasteiger partial charge in [-0.3, -0.25) is 0 Å². The molecule has 0 saturated heterocycles. The zero-order valence-electron chi connectivity index (χ0n) is 11.4. The Labute approximate surface area is 120 Å². The first-order valence-corrected chi connectivity index (χ1v) is 8.55. The van der Waals surface area contributed by atoms with Crippen LogP contribution in [0.2, 0.25) is 0 Å². The van der Waals surface area contributed by atoms with Crippen molar-refractivity contribution in [2.75, 3.05) is 0 Å². The Bertz CT molecular complexity index is 539. The maximum atomic E-state index is 12.0. The molecule has 2 N–H and O–H groups in total. The molecule has 2 unspecified atom stereocenters. The zero-order chi connectivity index (χ0) is 14.4. The minimum absolute atomic E-state index is 0.372. The van der Waals surface area contributed by atoms with Crippen molar-refractivity contribution in [1.29, 1.82) is 0 Å². The van der Waals surface area contributed by atoms with Crippen molar-refractivity contribution in [1.82, 2.24) is 4.72 Å². The highest BCUT2D eigenvalue weighted by Gasteiger charge is 2.24. The van der Waals surface area contributed by atoms with E-state index in [2.05, 4.69) is 4.72 Å². The fourth-order valence-electron chi connectivity index (χ4n) is 2.41. The Balaban J connectivity index is 2.01. The molecular weight excluding hydrogens is 274 g/mol. The molecule has 1 fully saturated rings. The number of aliphatic hydroxyl groups is 1. The average Bonchev–Trinajstić information content (AvgIpc) is 2.63. The molecule has 0 aromatic heterocycles. The summed E-state index contributed by atoms with van der Waals surface area (Å²) in [6, 6.07) is 8.90. The second kappa shape index (κ2) is 7.02. The molecule has 2 atom stereocenters. The largest absolute Gasteiger partial charge is 0.391 e. The van der Waals surface area contributed by atoms with Crippen LogP contribution in [-0.2, 0) is 10.0 Å². The third-order valence-corrected chi connectivity index (χ3v) is 4.66. The Hall–Kier alpha value is -1.17. The predicted molar refractivity (Wildman–Crippen MR) is 80.4 cm³/mol. The number of aliphatic hydroxyl groups excluding tert-OH is 1. The molecule has 110 valence electrons. The van der Waals surface area contributed by atoms with E-state index < -0.39 is 16.1 Å². The Morgan fingerprint density at radius 1 is 1.10 bits per heavy atom. The number of hydrogen-bond acceptors (Lipinski definition) is 3. The Kier molecular flexibility index (Phi) is 5.34. The van der Waals surface area contributed by atoms with Crippen molar-refractivity contribution in [3.8, 4) is 0 Å². The summed E-state index contributed by atoms with van der Waals surface area (Å²) in [7, 11) is -3.52. The molecule has 0 spiro atoms. The SMILES string of the molecule is O=S(=O)(/C=C/c1ccccc1)NC1CCCCCC1O. The van der Waals surface area contributed by atoms with Crippen LogP contribution in [0, 0.1) is 0 Å². The van der Waals surface area contributed by atoms with Crippen LogP contribution in [-0.4, -0.2) is 25.7 Å². The molecule has 1 aliphatic rings. The van der Waals surface area contributed by atoms with E-state index in [1.54, 1.807) is 6.08 Å². The van der Waals surface area contributed by atoms with Gasteiger partial charge in [0.2, 0.25) is 10.0 Å². The van der Waals surface area contributed by atoms with Crippen LogP contribution >= 0.6 is 0 Å². The first-order valence-electron chi connectivity index (χ1n) is 7.00. The van der Waals surface area contributed by atoms with E-state index in [-0.39, 0.29) is 6.04 Å². The van der Waals surface area contributed by atoms with Crippen LogP contribution in [0.3, 0.4) is 0 Å². The highest BCUT2D eigenvalue weighted by Crippen LogP contribution is 2.19. The molecule has 1 aliphatic carbocycles. The second-order valence-electron chi connectivity index (χ2n) is 5.19. The molecule has 1 saturated carbocycles. The van der Waals surface area contributed by atoms with Crippen LogP contribution in [0.4, 0.5) is 0 Å². The van der Waals surface area contributed by atoms with E-state index >= 15 is 0 Å². The molecule has 2 rings (SSSR count). The lowest BCUT2D eigenvalue weighted by Crippen LogP contribution is -2.41. The van der Waals surface area contributed by atoms with E-state index in [1.807, 2.05) is 30.3 Å². The van der Waals surface area contributed by atoms with Crippen molar-refractivity contribution in [3.63, 3.8) is 0 Å². The van der Waals surface area contributed by atoms with Gasteiger partial charge in [0.05, 0.1) is 6.10 Å². The maximum Gasteiger partial charge on any atom is 0.234 e. The Morgan fingerprint density at radius 2 is 1.80 bits per heavy atom. The third kappa shape index (κ3) is 4.74. The molecule has 1 aromatic rings. The van der Waals surface area contributed by atoms with Gasteiger partial charge in [-0.1, -0.05) is 49.6 Å². The van der Waals surface area contributed by atoms with Gasteiger partial charge in [-0.2, -0.15) is 0 Å². The van der Waals surface area contributed by atoms with Crippen LogP contribution < -0.4 is 4.72 Å². The smallest absolute Gasteiger partial charge is 0.234 e. The normalized spacial score (nSPS) is 24.6. The third-order valence-electron chi connectivity index (χ3n) is 3.53. The second-order valence-corrected chi connectivity index (χ2v) is 6.79. The fraction of sp³-hybridized carbons (Fsp3) is 0.467. The molecule has 4 nitrogen and oxygen atoms in total. The summed E-state index contributed by atoms with van der Waals surface area (Å²) in [6.45, 7) is 0. The van der Waals surface area contributed by atoms with Crippen LogP contribution in [0.25, 0.3) is 6.08 Å². The van der Waals surface area contributed by atoms with Gasteiger partial charge >= 0.3 is 0 Å². The molecule has 20 heavy (non-hydrogen) atoms. The highest BCUT2D eigenvalue weighted by molar-refractivity contribution is 7.92. The molecule has 0 heterocycles. The van der Waals surface area contributed by atoms with E-state index in [0.717, 1.165) is 24.8 Å². The minimum atomic E-state index is -3.52. The van der Waals surface area contributed by atoms with Gasteiger partial charge in [0.1, 0.15) is 0 Å². The van der Waals surface area contributed by atoms with Crippen molar-refractivity contribution >= 4 is 16.1 Å². The van der Waals surface area contributed by atoms with Crippen molar-refractivity contribution in [2.45, 2.75) is 44.2 Å². The van der Waals surface area contributed by atoms with Gasteiger partial charge in [-0.05, 0) is 24.5 Å². The number of nitrogens with one attached hydrogen (secondary N) is 1. The van der Waals surface area contributed by atoms with Crippen molar-refractivity contribution < 1.29 is 13.5 Å². The molecule has 0 aliphatic heterocycles. The molecule has 0 bridgehead atoms. The van der Waals surface area contributed by atoms with Gasteiger partial charge in [-0.15, -0.1) is 0 Å². The fourth-order valence-corrected chi connectivity index (χ4v) is 3.52. The summed E-state index contributed by atoms with van der Waals surface area (Å²) in [5.41, 5.74) is 0.833. The lowest BCUT2D eigenvalue weighted by molar-refractivity contribution is 0.130. The van der Waals surface area contributed by atoms with E-state index in [1.165, 1.54) is 5.41 Å². The van der Waals surface area contributed by atoms with Gasteiger partial charge in [0.15, 0.2) is 0 Å². The molecule has 5 heteroatoms. The lowest BCUT2D eigenvalue weighted by atomic mass is 10.1. The summed E-state index contributed by atoms with van der Waals surface area (Å²) in [5.74, 6) is 0. The van der Waals surface area contributed by atoms with Gasteiger partial charge in [0, 0.05) is 11.4 Å². The summed E-state index contributed by atoms with van der Waals surface area (Å²) >= 11 is 0. The highest BCUT2D eigenvalue weighted by atomic mass is 32.2. The van der Waals surface area contributed by atoms with E-state index in [0.29, 0.717) is 12.8 Å².